The quantitative estimate of drug-likeness (QED) is 0.772. The second-order valence-electron chi connectivity index (χ2n) is 5.37. The fourth-order valence-corrected chi connectivity index (χ4v) is 3.09. The Hall–Kier alpha value is -0.0800. The molecule has 1 saturated heterocycles. The van der Waals surface area contributed by atoms with Crippen molar-refractivity contribution in [3.63, 3.8) is 0 Å². The second-order valence-corrected chi connectivity index (χ2v) is 5.37. The average molecular weight is 211 g/mol. The van der Waals surface area contributed by atoms with Crippen molar-refractivity contribution in [1.82, 2.24) is 5.32 Å². The lowest BCUT2D eigenvalue weighted by molar-refractivity contribution is 0.0659. The van der Waals surface area contributed by atoms with E-state index >= 15 is 0 Å². The van der Waals surface area contributed by atoms with E-state index in [0.29, 0.717) is 12.1 Å². The van der Waals surface area contributed by atoms with Crippen molar-refractivity contribution in [2.75, 3.05) is 13.2 Å². The van der Waals surface area contributed by atoms with Gasteiger partial charge in [0.2, 0.25) is 0 Å². The molecule has 15 heavy (non-hydrogen) atoms. The van der Waals surface area contributed by atoms with Crippen molar-refractivity contribution in [2.45, 2.75) is 64.0 Å². The Bertz CT molecular complexity index is 171. The summed E-state index contributed by atoms with van der Waals surface area (Å²) in [5, 5.41) is 3.72. The third-order valence-corrected chi connectivity index (χ3v) is 3.84. The molecule has 0 aromatic rings. The molecule has 2 heteroatoms. The van der Waals surface area contributed by atoms with Crippen LogP contribution in [-0.4, -0.2) is 25.3 Å². The molecule has 2 nitrogen and oxygen atoms in total. The van der Waals surface area contributed by atoms with Gasteiger partial charge in [0.25, 0.3) is 0 Å². The first-order valence-corrected chi connectivity index (χ1v) is 6.68. The van der Waals surface area contributed by atoms with Gasteiger partial charge < -0.3 is 10.1 Å². The summed E-state index contributed by atoms with van der Waals surface area (Å²) in [5.74, 6) is 0.997. The third-order valence-electron chi connectivity index (χ3n) is 3.84. The molecule has 2 rings (SSSR count). The van der Waals surface area contributed by atoms with Crippen LogP contribution in [0.3, 0.4) is 0 Å². The molecule has 0 bridgehead atoms. The largest absolute Gasteiger partial charge is 0.380 e. The Morgan fingerprint density at radius 3 is 2.67 bits per heavy atom. The molecule has 2 aliphatic rings. The molecule has 2 fully saturated rings. The van der Waals surface area contributed by atoms with Crippen molar-refractivity contribution in [3.8, 4) is 0 Å². The molecule has 1 aliphatic heterocycles. The highest BCUT2D eigenvalue weighted by molar-refractivity contribution is 4.77. The summed E-state index contributed by atoms with van der Waals surface area (Å²) in [6.45, 7) is 4.23. The van der Waals surface area contributed by atoms with E-state index in [2.05, 4.69) is 12.2 Å². The van der Waals surface area contributed by atoms with Crippen molar-refractivity contribution in [3.05, 3.63) is 0 Å². The molecule has 0 amide bonds. The predicted octanol–water partition coefficient (Wildman–Crippen LogP) is 2.72. The molecule has 1 aliphatic carbocycles. The first kappa shape index (κ1) is 11.4. The number of rotatable bonds is 4. The lowest BCUT2D eigenvalue weighted by Gasteiger charge is -2.28. The van der Waals surface area contributed by atoms with E-state index in [1.807, 2.05) is 0 Å². The van der Waals surface area contributed by atoms with Gasteiger partial charge >= 0.3 is 0 Å². The summed E-state index contributed by atoms with van der Waals surface area (Å²) in [7, 11) is 0. The van der Waals surface area contributed by atoms with Crippen LogP contribution in [0.5, 0.6) is 0 Å². The van der Waals surface area contributed by atoms with Crippen LogP contribution in [0.15, 0.2) is 0 Å². The third kappa shape index (κ3) is 3.76. The highest BCUT2D eigenvalue weighted by Gasteiger charge is 2.20. The zero-order valence-corrected chi connectivity index (χ0v) is 10.0. The molecule has 88 valence electrons. The second kappa shape index (κ2) is 5.86. The molecule has 1 saturated carbocycles. The van der Waals surface area contributed by atoms with Gasteiger partial charge in [0.05, 0.1) is 6.61 Å². The number of ether oxygens (including phenoxy) is 1. The first-order valence-electron chi connectivity index (χ1n) is 6.68. The normalized spacial score (nSPS) is 30.6. The zero-order valence-electron chi connectivity index (χ0n) is 10.0. The molecule has 0 aromatic heterocycles. The molecule has 2 atom stereocenters. The fourth-order valence-electron chi connectivity index (χ4n) is 3.09. The van der Waals surface area contributed by atoms with E-state index in [1.165, 1.54) is 44.9 Å². The van der Waals surface area contributed by atoms with Gasteiger partial charge in [-0.2, -0.15) is 0 Å². The molecular formula is C13H25NO. The van der Waals surface area contributed by atoms with Crippen molar-refractivity contribution >= 4 is 0 Å². The van der Waals surface area contributed by atoms with E-state index in [-0.39, 0.29) is 0 Å². The summed E-state index contributed by atoms with van der Waals surface area (Å²) >= 11 is 0. The smallest absolute Gasteiger partial charge is 0.0619 e. The van der Waals surface area contributed by atoms with Crippen LogP contribution < -0.4 is 5.32 Å². The molecule has 0 spiro atoms. The van der Waals surface area contributed by atoms with Crippen molar-refractivity contribution in [2.24, 2.45) is 5.92 Å². The molecule has 0 radical (unpaired) electrons. The monoisotopic (exact) mass is 211 g/mol. The Morgan fingerprint density at radius 1 is 1.20 bits per heavy atom. The molecular weight excluding hydrogens is 186 g/mol. The van der Waals surface area contributed by atoms with Gasteiger partial charge in [-0.1, -0.05) is 25.7 Å². The molecule has 0 aromatic carbocycles. The minimum Gasteiger partial charge on any atom is -0.380 e. The van der Waals surface area contributed by atoms with Gasteiger partial charge in [-0.25, -0.2) is 0 Å². The van der Waals surface area contributed by atoms with E-state index in [1.54, 1.807) is 0 Å². The summed E-state index contributed by atoms with van der Waals surface area (Å²) in [4.78, 5) is 0. The highest BCUT2D eigenvalue weighted by atomic mass is 16.5. The first-order chi connectivity index (χ1) is 7.34. The maximum Gasteiger partial charge on any atom is 0.0619 e. The standard InChI is InChI=1S/C13H25NO/c1-11(9-12-5-2-3-6-12)14-13-7-4-8-15-10-13/h11-14H,2-10H2,1H3. The maximum absolute atomic E-state index is 5.49. The van der Waals surface area contributed by atoms with Crippen LogP contribution >= 0.6 is 0 Å². The lowest BCUT2D eigenvalue weighted by Crippen LogP contribution is -2.42. The molecule has 1 N–H and O–H groups in total. The summed E-state index contributed by atoms with van der Waals surface area (Å²) in [5.41, 5.74) is 0. The average Bonchev–Trinajstić information content (AvgIpc) is 2.71. The van der Waals surface area contributed by atoms with Gasteiger partial charge in [0.15, 0.2) is 0 Å². The van der Waals surface area contributed by atoms with Crippen molar-refractivity contribution < 1.29 is 4.74 Å². The zero-order chi connectivity index (χ0) is 10.5. The molecule has 2 unspecified atom stereocenters. The number of nitrogens with one attached hydrogen (secondary N) is 1. The SMILES string of the molecule is CC(CC1CCCC1)NC1CCCOC1. The minimum absolute atomic E-state index is 0.621. The Morgan fingerprint density at radius 2 is 2.00 bits per heavy atom. The van der Waals surface area contributed by atoms with Gasteiger partial charge in [-0.3, -0.25) is 0 Å². The minimum atomic E-state index is 0.621. The van der Waals surface area contributed by atoms with Crippen LogP contribution in [0.2, 0.25) is 0 Å². The van der Waals surface area contributed by atoms with E-state index in [4.69, 9.17) is 4.74 Å². The summed E-state index contributed by atoms with van der Waals surface area (Å²) < 4.78 is 5.49. The highest BCUT2D eigenvalue weighted by Crippen LogP contribution is 2.28. The number of hydrogen-bond acceptors (Lipinski definition) is 2. The summed E-state index contributed by atoms with van der Waals surface area (Å²) in [6, 6.07) is 1.30. The van der Waals surface area contributed by atoms with E-state index < -0.39 is 0 Å². The number of hydrogen-bond donors (Lipinski definition) is 1. The predicted molar refractivity (Wildman–Crippen MR) is 63.0 cm³/mol. The topological polar surface area (TPSA) is 21.3 Å². The molecule has 1 heterocycles. The summed E-state index contributed by atoms with van der Waals surface area (Å²) in [6.07, 6.45) is 9.76. The van der Waals surface area contributed by atoms with Gasteiger partial charge in [0.1, 0.15) is 0 Å². The van der Waals surface area contributed by atoms with E-state index in [0.717, 1.165) is 19.1 Å². The van der Waals surface area contributed by atoms with Crippen LogP contribution in [0.4, 0.5) is 0 Å². The lowest BCUT2D eigenvalue weighted by atomic mass is 9.98. The van der Waals surface area contributed by atoms with Crippen LogP contribution in [0, 0.1) is 5.92 Å². The van der Waals surface area contributed by atoms with Gasteiger partial charge in [-0.15, -0.1) is 0 Å². The van der Waals surface area contributed by atoms with Crippen LogP contribution in [-0.2, 0) is 4.74 Å². The van der Waals surface area contributed by atoms with Gasteiger partial charge in [-0.05, 0) is 32.1 Å². The Kier molecular flexibility index (Phi) is 4.45. The van der Waals surface area contributed by atoms with Crippen LogP contribution in [0.25, 0.3) is 0 Å². The van der Waals surface area contributed by atoms with Gasteiger partial charge in [0, 0.05) is 18.7 Å². The van der Waals surface area contributed by atoms with E-state index in [9.17, 15) is 0 Å². The Labute approximate surface area is 93.8 Å². The fraction of sp³-hybridized carbons (Fsp3) is 1.00. The van der Waals surface area contributed by atoms with Crippen molar-refractivity contribution in [1.29, 1.82) is 0 Å². The Balaban J connectivity index is 1.64. The maximum atomic E-state index is 5.49. The van der Waals surface area contributed by atoms with Crippen LogP contribution in [0.1, 0.15) is 51.9 Å².